The van der Waals surface area contributed by atoms with Crippen molar-refractivity contribution in [3.05, 3.63) is 23.8 Å². The Kier molecular flexibility index (Phi) is 5.08. The predicted molar refractivity (Wildman–Crippen MR) is 90.4 cm³/mol. The highest BCUT2D eigenvalue weighted by molar-refractivity contribution is 6.39. The molecule has 0 bridgehead atoms. The topological polar surface area (TPSA) is 79.7 Å². The van der Waals surface area contributed by atoms with E-state index in [0.29, 0.717) is 18.7 Å². The van der Waals surface area contributed by atoms with Crippen molar-refractivity contribution < 1.29 is 9.63 Å². The SMILES string of the molecule is CCCNC(=O)C1=NOC2(CCCN(Cc3cncc(C)n3)C2)C1. The van der Waals surface area contributed by atoms with Gasteiger partial charge in [0.05, 0.1) is 11.4 Å². The van der Waals surface area contributed by atoms with E-state index in [0.717, 1.165) is 50.3 Å². The molecule has 1 N–H and O–H groups in total. The van der Waals surface area contributed by atoms with Crippen LogP contribution in [0.5, 0.6) is 0 Å². The summed E-state index contributed by atoms with van der Waals surface area (Å²) in [6.45, 7) is 7.15. The Balaban J connectivity index is 1.59. The van der Waals surface area contributed by atoms with Crippen LogP contribution in [-0.4, -0.2) is 51.7 Å². The highest BCUT2D eigenvalue weighted by Crippen LogP contribution is 2.33. The van der Waals surface area contributed by atoms with Crippen molar-refractivity contribution in [2.24, 2.45) is 5.16 Å². The largest absolute Gasteiger partial charge is 0.387 e. The molecular weight excluding hydrogens is 306 g/mol. The predicted octanol–water partition coefficient (Wildman–Crippen LogP) is 1.42. The van der Waals surface area contributed by atoms with Crippen molar-refractivity contribution in [3.8, 4) is 0 Å². The van der Waals surface area contributed by atoms with Gasteiger partial charge in [-0.1, -0.05) is 12.1 Å². The van der Waals surface area contributed by atoms with Crippen molar-refractivity contribution >= 4 is 11.6 Å². The smallest absolute Gasteiger partial charge is 0.269 e. The lowest BCUT2D eigenvalue weighted by Gasteiger charge is -2.38. The van der Waals surface area contributed by atoms with Crippen LogP contribution in [0.2, 0.25) is 0 Å². The number of aryl methyl sites for hydroxylation is 1. The third kappa shape index (κ3) is 3.90. The first-order chi connectivity index (χ1) is 11.6. The Hall–Kier alpha value is -2.02. The second kappa shape index (κ2) is 7.25. The maximum Gasteiger partial charge on any atom is 0.269 e. The summed E-state index contributed by atoms with van der Waals surface area (Å²) in [6.07, 6.45) is 7.02. The second-order valence-corrected chi connectivity index (χ2v) is 6.71. The molecular formula is C17H25N5O2. The summed E-state index contributed by atoms with van der Waals surface area (Å²) in [5.41, 5.74) is 2.04. The summed E-state index contributed by atoms with van der Waals surface area (Å²) in [4.78, 5) is 28.9. The van der Waals surface area contributed by atoms with E-state index in [1.54, 1.807) is 6.20 Å². The molecule has 1 unspecified atom stereocenters. The maximum absolute atomic E-state index is 12.1. The van der Waals surface area contributed by atoms with Gasteiger partial charge in [0.15, 0.2) is 5.60 Å². The van der Waals surface area contributed by atoms with Gasteiger partial charge in [-0.15, -0.1) is 0 Å². The van der Waals surface area contributed by atoms with Crippen molar-refractivity contribution in [2.45, 2.75) is 51.7 Å². The molecule has 2 aliphatic rings. The normalized spacial score (nSPS) is 23.8. The van der Waals surface area contributed by atoms with Crippen LogP contribution in [0.3, 0.4) is 0 Å². The highest BCUT2D eigenvalue weighted by Gasteiger charge is 2.44. The van der Waals surface area contributed by atoms with Gasteiger partial charge >= 0.3 is 0 Å². The van der Waals surface area contributed by atoms with Crippen molar-refractivity contribution in [3.63, 3.8) is 0 Å². The minimum atomic E-state index is -0.367. The van der Waals surface area contributed by atoms with Gasteiger partial charge in [0.25, 0.3) is 5.91 Å². The van der Waals surface area contributed by atoms with Gasteiger partial charge in [0.2, 0.25) is 0 Å². The zero-order valence-electron chi connectivity index (χ0n) is 14.4. The van der Waals surface area contributed by atoms with E-state index in [9.17, 15) is 4.79 Å². The van der Waals surface area contributed by atoms with Gasteiger partial charge in [0.1, 0.15) is 5.71 Å². The van der Waals surface area contributed by atoms with Crippen LogP contribution in [0.15, 0.2) is 17.5 Å². The lowest BCUT2D eigenvalue weighted by molar-refractivity contribution is -0.114. The number of amides is 1. The average molecular weight is 331 g/mol. The van der Waals surface area contributed by atoms with E-state index >= 15 is 0 Å². The van der Waals surface area contributed by atoms with Crippen LogP contribution in [0.1, 0.15) is 44.0 Å². The van der Waals surface area contributed by atoms with E-state index in [4.69, 9.17) is 4.84 Å². The minimum absolute atomic E-state index is 0.101. The average Bonchev–Trinajstić information content (AvgIpc) is 2.96. The molecule has 1 spiro atoms. The van der Waals surface area contributed by atoms with Crippen LogP contribution in [0, 0.1) is 6.92 Å². The summed E-state index contributed by atoms with van der Waals surface area (Å²) in [5.74, 6) is -0.101. The van der Waals surface area contributed by atoms with Crippen LogP contribution in [0.25, 0.3) is 0 Å². The Morgan fingerprint density at radius 3 is 3.12 bits per heavy atom. The maximum atomic E-state index is 12.1. The molecule has 2 aliphatic heterocycles. The van der Waals surface area contributed by atoms with E-state index in [-0.39, 0.29) is 11.5 Å². The molecule has 7 heteroatoms. The summed E-state index contributed by atoms with van der Waals surface area (Å²) >= 11 is 0. The lowest BCUT2D eigenvalue weighted by atomic mass is 9.88. The fourth-order valence-electron chi connectivity index (χ4n) is 3.35. The molecule has 7 nitrogen and oxygen atoms in total. The van der Waals surface area contributed by atoms with Crippen LogP contribution >= 0.6 is 0 Å². The molecule has 130 valence electrons. The molecule has 3 heterocycles. The van der Waals surface area contributed by atoms with E-state index in [1.807, 2.05) is 20.0 Å². The summed E-state index contributed by atoms with van der Waals surface area (Å²) in [5, 5.41) is 6.94. The number of carbonyl (C=O) groups is 1. The number of likely N-dealkylation sites (tertiary alicyclic amines) is 1. The molecule has 1 fully saturated rings. The number of aromatic nitrogens is 2. The Morgan fingerprint density at radius 2 is 2.33 bits per heavy atom. The van der Waals surface area contributed by atoms with Crippen molar-refractivity contribution in [1.29, 1.82) is 0 Å². The van der Waals surface area contributed by atoms with Gasteiger partial charge in [0, 0.05) is 38.4 Å². The Morgan fingerprint density at radius 1 is 1.46 bits per heavy atom. The number of piperidine rings is 1. The second-order valence-electron chi connectivity index (χ2n) is 6.71. The third-order valence-corrected chi connectivity index (χ3v) is 4.45. The first kappa shape index (κ1) is 16.8. The molecule has 3 rings (SSSR count). The molecule has 0 aliphatic carbocycles. The summed E-state index contributed by atoms with van der Waals surface area (Å²) in [7, 11) is 0. The number of nitrogens with one attached hydrogen (secondary N) is 1. The fraction of sp³-hybridized carbons (Fsp3) is 0.647. The van der Waals surface area contributed by atoms with E-state index < -0.39 is 0 Å². The lowest BCUT2D eigenvalue weighted by Crippen LogP contribution is -2.48. The monoisotopic (exact) mass is 331 g/mol. The summed E-state index contributed by atoms with van der Waals surface area (Å²) < 4.78 is 0. The molecule has 0 saturated carbocycles. The van der Waals surface area contributed by atoms with Crippen molar-refractivity contribution in [1.82, 2.24) is 20.2 Å². The number of rotatable bonds is 5. The Labute approximate surface area is 142 Å². The van der Waals surface area contributed by atoms with Crippen LogP contribution < -0.4 is 5.32 Å². The van der Waals surface area contributed by atoms with Gasteiger partial charge in [-0.3, -0.25) is 19.7 Å². The molecule has 1 aromatic heterocycles. The molecule has 1 amide bonds. The van der Waals surface area contributed by atoms with Gasteiger partial charge < -0.3 is 10.2 Å². The number of hydrogen-bond acceptors (Lipinski definition) is 6. The van der Waals surface area contributed by atoms with Crippen LogP contribution in [0.4, 0.5) is 0 Å². The molecule has 0 aromatic carbocycles. The molecule has 1 saturated heterocycles. The minimum Gasteiger partial charge on any atom is -0.387 e. The van der Waals surface area contributed by atoms with E-state index in [1.165, 1.54) is 0 Å². The first-order valence-electron chi connectivity index (χ1n) is 8.63. The zero-order valence-corrected chi connectivity index (χ0v) is 14.4. The first-order valence-corrected chi connectivity index (χ1v) is 8.63. The van der Waals surface area contributed by atoms with Gasteiger partial charge in [-0.2, -0.15) is 0 Å². The zero-order chi connectivity index (χ0) is 17.0. The molecule has 1 aromatic rings. The fourth-order valence-corrected chi connectivity index (χ4v) is 3.35. The summed E-state index contributed by atoms with van der Waals surface area (Å²) in [6, 6.07) is 0. The third-order valence-electron chi connectivity index (χ3n) is 4.45. The molecule has 0 radical (unpaired) electrons. The van der Waals surface area contributed by atoms with Gasteiger partial charge in [-0.05, 0) is 32.7 Å². The highest BCUT2D eigenvalue weighted by atomic mass is 16.7. The Bertz CT molecular complexity index is 633. The number of hydrogen-bond donors (Lipinski definition) is 1. The quantitative estimate of drug-likeness (QED) is 0.883. The molecule has 24 heavy (non-hydrogen) atoms. The van der Waals surface area contributed by atoms with Gasteiger partial charge in [-0.25, -0.2) is 0 Å². The van der Waals surface area contributed by atoms with E-state index in [2.05, 4.69) is 25.3 Å². The van der Waals surface area contributed by atoms with Crippen LogP contribution in [-0.2, 0) is 16.2 Å². The number of nitrogens with zero attached hydrogens (tertiary/aromatic N) is 4. The number of carbonyl (C=O) groups excluding carboxylic acids is 1. The molecule has 1 atom stereocenters. The van der Waals surface area contributed by atoms with Crippen molar-refractivity contribution in [2.75, 3.05) is 19.6 Å². The standard InChI is InChI=1S/C17H25N5O2/c1-3-6-19-16(23)15-8-17(24-21-15)5-4-7-22(12-17)11-14-10-18-9-13(2)20-14/h9-10H,3-8,11-12H2,1-2H3,(H,19,23). The number of oxime groups is 1.